The van der Waals surface area contributed by atoms with Gasteiger partial charge in [0.1, 0.15) is 0 Å². The number of nitrogens with one attached hydrogen (secondary N) is 2. The van der Waals surface area contributed by atoms with Gasteiger partial charge in [0.2, 0.25) is 5.91 Å². The van der Waals surface area contributed by atoms with Gasteiger partial charge in [-0.05, 0) is 34.9 Å². The van der Waals surface area contributed by atoms with Gasteiger partial charge in [-0.25, -0.2) is 0 Å². The molecule has 0 radical (unpaired) electrons. The van der Waals surface area contributed by atoms with Crippen LogP contribution in [0, 0.1) is 0 Å². The first-order valence-corrected chi connectivity index (χ1v) is 10.6. The highest BCUT2D eigenvalue weighted by Crippen LogP contribution is 2.27. The second-order valence-electron chi connectivity index (χ2n) is 7.32. The monoisotopic (exact) mass is 448 g/mol. The Kier molecular flexibility index (Phi) is 8.85. The third-order valence-electron chi connectivity index (χ3n) is 4.95. The SMILES string of the molecule is COc1ccc(C(=O)NCC(=O)NCc2ccc(COCc3ccccc3)cc2)cc1OC. The van der Waals surface area contributed by atoms with Crippen LogP contribution in [-0.2, 0) is 29.3 Å². The molecule has 0 fully saturated rings. The fourth-order valence-corrected chi connectivity index (χ4v) is 3.12. The van der Waals surface area contributed by atoms with Gasteiger partial charge in [-0.15, -0.1) is 0 Å². The summed E-state index contributed by atoms with van der Waals surface area (Å²) in [6.07, 6.45) is 0. The zero-order chi connectivity index (χ0) is 23.5. The number of hydrogen-bond acceptors (Lipinski definition) is 5. The molecular formula is C26H28N2O5. The molecule has 7 nitrogen and oxygen atoms in total. The second-order valence-corrected chi connectivity index (χ2v) is 7.32. The van der Waals surface area contributed by atoms with Gasteiger partial charge in [0.05, 0.1) is 34.0 Å². The molecule has 33 heavy (non-hydrogen) atoms. The minimum Gasteiger partial charge on any atom is -0.493 e. The number of carbonyl (C=O) groups is 2. The summed E-state index contributed by atoms with van der Waals surface area (Å²) in [7, 11) is 3.02. The van der Waals surface area contributed by atoms with Crippen molar-refractivity contribution in [1.29, 1.82) is 0 Å². The number of rotatable bonds is 11. The van der Waals surface area contributed by atoms with Gasteiger partial charge in [-0.3, -0.25) is 9.59 Å². The molecule has 0 saturated heterocycles. The van der Waals surface area contributed by atoms with Crippen LogP contribution in [-0.4, -0.2) is 32.6 Å². The first kappa shape index (κ1) is 23.8. The summed E-state index contributed by atoms with van der Waals surface area (Å²) in [6, 6.07) is 22.7. The molecule has 0 spiro atoms. The highest BCUT2D eigenvalue weighted by Gasteiger charge is 2.12. The molecule has 0 aromatic heterocycles. The van der Waals surface area contributed by atoms with Crippen LogP contribution in [0.25, 0.3) is 0 Å². The van der Waals surface area contributed by atoms with Gasteiger partial charge in [0.15, 0.2) is 11.5 Å². The molecule has 7 heteroatoms. The number of methoxy groups -OCH3 is 2. The summed E-state index contributed by atoms with van der Waals surface area (Å²) < 4.78 is 16.1. The van der Waals surface area contributed by atoms with Gasteiger partial charge >= 0.3 is 0 Å². The molecule has 172 valence electrons. The van der Waals surface area contributed by atoms with Crippen molar-refractivity contribution in [3.63, 3.8) is 0 Å². The molecule has 2 N–H and O–H groups in total. The van der Waals surface area contributed by atoms with Gasteiger partial charge < -0.3 is 24.8 Å². The molecule has 3 aromatic rings. The number of hydrogen-bond donors (Lipinski definition) is 2. The Hall–Kier alpha value is -3.84. The minimum atomic E-state index is -0.369. The van der Waals surface area contributed by atoms with E-state index in [1.807, 2.05) is 54.6 Å². The first-order chi connectivity index (χ1) is 16.1. The Bertz CT molecular complexity index is 1050. The molecule has 0 aliphatic carbocycles. The standard InChI is InChI=1S/C26H28N2O5/c1-31-23-13-12-22(14-24(23)32-2)26(30)28-16-25(29)27-15-19-8-10-21(11-9-19)18-33-17-20-6-4-3-5-7-20/h3-14H,15-18H2,1-2H3,(H,27,29)(H,28,30). The molecule has 0 unspecified atom stereocenters. The minimum absolute atomic E-state index is 0.126. The molecule has 0 atom stereocenters. The quantitative estimate of drug-likeness (QED) is 0.469. The largest absolute Gasteiger partial charge is 0.493 e. The second kappa shape index (κ2) is 12.3. The van der Waals surface area contributed by atoms with Crippen LogP contribution >= 0.6 is 0 Å². The Labute approximate surface area is 193 Å². The van der Waals surface area contributed by atoms with E-state index in [9.17, 15) is 9.59 Å². The van der Waals surface area contributed by atoms with Crippen molar-refractivity contribution in [1.82, 2.24) is 10.6 Å². The van der Waals surface area contributed by atoms with E-state index in [-0.39, 0.29) is 18.4 Å². The molecule has 2 amide bonds. The lowest BCUT2D eigenvalue weighted by Crippen LogP contribution is -2.36. The van der Waals surface area contributed by atoms with E-state index >= 15 is 0 Å². The summed E-state index contributed by atoms with van der Waals surface area (Å²) in [4.78, 5) is 24.4. The molecule has 0 heterocycles. The first-order valence-electron chi connectivity index (χ1n) is 10.6. The van der Waals surface area contributed by atoms with E-state index in [1.165, 1.54) is 14.2 Å². The molecule has 0 aliphatic rings. The lowest BCUT2D eigenvalue weighted by atomic mass is 10.1. The Morgan fingerprint density at radius 1 is 0.727 bits per heavy atom. The lowest BCUT2D eigenvalue weighted by Gasteiger charge is -2.10. The highest BCUT2D eigenvalue weighted by molar-refractivity contribution is 5.97. The average molecular weight is 449 g/mol. The Morgan fingerprint density at radius 2 is 1.36 bits per heavy atom. The predicted octanol–water partition coefficient (Wildman–Crippen LogP) is 3.47. The van der Waals surface area contributed by atoms with Crippen molar-refractivity contribution in [2.24, 2.45) is 0 Å². The molecule has 3 rings (SSSR count). The maximum atomic E-state index is 12.3. The summed E-state index contributed by atoms with van der Waals surface area (Å²) in [5, 5.41) is 5.41. The van der Waals surface area contributed by atoms with Gasteiger partial charge in [0.25, 0.3) is 5.91 Å². The molecule has 0 aliphatic heterocycles. The lowest BCUT2D eigenvalue weighted by molar-refractivity contribution is -0.120. The van der Waals surface area contributed by atoms with Crippen molar-refractivity contribution >= 4 is 11.8 Å². The van der Waals surface area contributed by atoms with Crippen LogP contribution in [0.15, 0.2) is 72.8 Å². The number of amides is 2. The van der Waals surface area contributed by atoms with Gasteiger partial charge in [0, 0.05) is 12.1 Å². The van der Waals surface area contributed by atoms with E-state index in [0.717, 1.165) is 16.7 Å². The maximum absolute atomic E-state index is 12.3. The van der Waals surface area contributed by atoms with E-state index in [4.69, 9.17) is 14.2 Å². The Balaban J connectivity index is 1.39. The summed E-state index contributed by atoms with van der Waals surface area (Å²) in [5.41, 5.74) is 3.53. The normalized spacial score (nSPS) is 10.4. The van der Waals surface area contributed by atoms with Gasteiger partial charge in [-0.1, -0.05) is 54.6 Å². The summed E-state index contributed by atoms with van der Waals surface area (Å²) in [5.74, 6) is 0.328. The molecular weight excluding hydrogens is 420 g/mol. The smallest absolute Gasteiger partial charge is 0.251 e. The predicted molar refractivity (Wildman–Crippen MR) is 125 cm³/mol. The van der Waals surface area contributed by atoms with Crippen LogP contribution < -0.4 is 20.1 Å². The number of ether oxygens (including phenoxy) is 3. The molecule has 0 bridgehead atoms. The molecule has 3 aromatic carbocycles. The van der Waals surface area contributed by atoms with Gasteiger partial charge in [-0.2, -0.15) is 0 Å². The summed E-state index contributed by atoms with van der Waals surface area (Å²) >= 11 is 0. The Morgan fingerprint density at radius 3 is 2.03 bits per heavy atom. The number of benzene rings is 3. The van der Waals surface area contributed by atoms with Crippen LogP contribution in [0.2, 0.25) is 0 Å². The van der Waals surface area contributed by atoms with Crippen molar-refractivity contribution < 1.29 is 23.8 Å². The maximum Gasteiger partial charge on any atom is 0.251 e. The average Bonchev–Trinajstić information content (AvgIpc) is 2.87. The van der Waals surface area contributed by atoms with Crippen LogP contribution in [0.4, 0.5) is 0 Å². The third kappa shape index (κ3) is 7.36. The van der Waals surface area contributed by atoms with Crippen molar-refractivity contribution in [2.75, 3.05) is 20.8 Å². The zero-order valence-corrected chi connectivity index (χ0v) is 18.8. The van der Waals surface area contributed by atoms with E-state index < -0.39 is 0 Å². The third-order valence-corrected chi connectivity index (χ3v) is 4.95. The van der Waals surface area contributed by atoms with Crippen LogP contribution in [0.1, 0.15) is 27.0 Å². The van der Waals surface area contributed by atoms with Crippen molar-refractivity contribution in [3.05, 3.63) is 95.1 Å². The molecule has 0 saturated carbocycles. The zero-order valence-electron chi connectivity index (χ0n) is 18.8. The van der Waals surface area contributed by atoms with Crippen LogP contribution in [0.3, 0.4) is 0 Å². The van der Waals surface area contributed by atoms with Crippen molar-refractivity contribution in [2.45, 2.75) is 19.8 Å². The fraction of sp³-hybridized carbons (Fsp3) is 0.231. The van der Waals surface area contributed by atoms with E-state index in [1.54, 1.807) is 18.2 Å². The summed E-state index contributed by atoms with van der Waals surface area (Å²) in [6.45, 7) is 1.33. The highest BCUT2D eigenvalue weighted by atomic mass is 16.5. The number of carbonyl (C=O) groups excluding carboxylic acids is 2. The van der Waals surface area contributed by atoms with E-state index in [2.05, 4.69) is 10.6 Å². The van der Waals surface area contributed by atoms with Crippen molar-refractivity contribution in [3.8, 4) is 11.5 Å². The van der Waals surface area contributed by atoms with E-state index in [0.29, 0.717) is 36.8 Å². The fourth-order valence-electron chi connectivity index (χ4n) is 3.12. The van der Waals surface area contributed by atoms with Crippen LogP contribution in [0.5, 0.6) is 11.5 Å². The topological polar surface area (TPSA) is 85.9 Å².